The van der Waals surface area contributed by atoms with Crippen LogP contribution in [-0.4, -0.2) is 29.0 Å². The van der Waals surface area contributed by atoms with E-state index in [1.165, 1.54) is 30.6 Å². The Morgan fingerprint density at radius 3 is 2.52 bits per heavy atom. The Morgan fingerprint density at radius 1 is 1.24 bits per heavy atom. The van der Waals surface area contributed by atoms with Crippen LogP contribution in [0.15, 0.2) is 53.8 Å². The van der Waals surface area contributed by atoms with E-state index in [9.17, 15) is 18.3 Å². The van der Waals surface area contributed by atoms with Gasteiger partial charge in [0.05, 0.1) is 18.3 Å². The summed E-state index contributed by atoms with van der Waals surface area (Å²) < 4.78 is 41.0. The molecule has 1 aromatic carbocycles. The van der Waals surface area contributed by atoms with Crippen molar-refractivity contribution in [2.45, 2.75) is 12.5 Å². The number of nitrogens with one attached hydrogen (secondary N) is 1. The Morgan fingerprint density at radius 2 is 1.88 bits per heavy atom. The molecule has 1 heterocycles. The minimum atomic E-state index is -4.82. The number of benzene rings is 1. The Bertz CT molecular complexity index is 699. The molecule has 0 aliphatic carbocycles. The molecule has 6 nitrogen and oxygen atoms in total. The fourth-order valence-corrected chi connectivity index (χ4v) is 1.84. The zero-order chi connectivity index (χ0) is 17.6. The molecular weight excluding hydrogens is 452 g/mol. The predicted molar refractivity (Wildman–Crippen MR) is 97.8 cm³/mol. The molecule has 0 aliphatic rings. The highest BCUT2D eigenvalue weighted by molar-refractivity contribution is 14.0. The number of anilines is 1. The summed E-state index contributed by atoms with van der Waals surface area (Å²) in [5, 5.41) is 12.5. The van der Waals surface area contributed by atoms with Crippen molar-refractivity contribution in [2.75, 3.05) is 11.9 Å². The van der Waals surface area contributed by atoms with Gasteiger partial charge >= 0.3 is 6.36 Å². The minimum absolute atomic E-state index is 0. The summed E-state index contributed by atoms with van der Waals surface area (Å²) in [6.45, 7) is -0.0643. The Labute approximate surface area is 159 Å². The van der Waals surface area contributed by atoms with Crippen molar-refractivity contribution in [3.63, 3.8) is 0 Å². The first-order chi connectivity index (χ1) is 11.3. The first-order valence-electron chi connectivity index (χ1n) is 6.85. The van der Waals surface area contributed by atoms with Crippen LogP contribution in [0.2, 0.25) is 0 Å². The highest BCUT2D eigenvalue weighted by atomic mass is 127. The van der Waals surface area contributed by atoms with Gasteiger partial charge in [-0.1, -0.05) is 12.1 Å². The van der Waals surface area contributed by atoms with Crippen molar-refractivity contribution >= 4 is 35.6 Å². The number of hydrogen-bond acceptors (Lipinski definition) is 4. The Hall–Kier alpha value is -2.08. The second kappa shape index (κ2) is 9.42. The zero-order valence-electron chi connectivity index (χ0n) is 12.8. The molecule has 0 saturated carbocycles. The van der Waals surface area contributed by atoms with Gasteiger partial charge in [0, 0.05) is 12.4 Å². The number of alkyl halides is 3. The largest absolute Gasteiger partial charge is 0.573 e. The van der Waals surface area contributed by atoms with Gasteiger partial charge < -0.3 is 20.9 Å². The molecule has 2 aromatic rings. The third-order valence-corrected chi connectivity index (χ3v) is 2.90. The first-order valence-corrected chi connectivity index (χ1v) is 6.85. The summed E-state index contributed by atoms with van der Waals surface area (Å²) in [5.41, 5.74) is 6.25. The molecule has 4 N–H and O–H groups in total. The van der Waals surface area contributed by atoms with Crippen LogP contribution in [0.3, 0.4) is 0 Å². The maximum Gasteiger partial charge on any atom is 0.573 e. The molecule has 10 heteroatoms. The summed E-state index contributed by atoms with van der Waals surface area (Å²) in [4.78, 5) is 7.74. The number of ether oxygens (including phenoxy) is 1. The summed E-state index contributed by atoms with van der Waals surface area (Å²) in [6, 6.07) is 8.67. The van der Waals surface area contributed by atoms with E-state index in [0.29, 0.717) is 5.56 Å². The van der Waals surface area contributed by atoms with E-state index in [1.807, 2.05) is 0 Å². The average molecular weight is 468 g/mol. The molecule has 1 atom stereocenters. The summed E-state index contributed by atoms with van der Waals surface area (Å²) in [7, 11) is 0. The van der Waals surface area contributed by atoms with Gasteiger partial charge in [-0.3, -0.25) is 9.98 Å². The van der Waals surface area contributed by atoms with Crippen LogP contribution in [0.5, 0.6) is 5.75 Å². The first kappa shape index (κ1) is 21.0. The van der Waals surface area contributed by atoms with Crippen molar-refractivity contribution in [3.05, 3.63) is 54.4 Å². The lowest BCUT2D eigenvalue weighted by Gasteiger charge is -2.14. The van der Waals surface area contributed by atoms with Gasteiger partial charge in [-0.25, -0.2) is 0 Å². The summed E-state index contributed by atoms with van der Waals surface area (Å²) in [6.07, 6.45) is -2.68. The van der Waals surface area contributed by atoms with Crippen molar-refractivity contribution in [1.29, 1.82) is 0 Å². The molecule has 25 heavy (non-hydrogen) atoms. The number of aliphatic hydroxyl groups excluding tert-OH is 1. The van der Waals surface area contributed by atoms with Crippen LogP contribution >= 0.6 is 24.0 Å². The molecule has 2 rings (SSSR count). The Balaban J connectivity index is 0.00000312. The lowest BCUT2D eigenvalue weighted by atomic mass is 10.1. The van der Waals surface area contributed by atoms with Crippen LogP contribution in [0.4, 0.5) is 18.9 Å². The normalized spacial score (nSPS) is 12.9. The Kier molecular flexibility index (Phi) is 7.90. The van der Waals surface area contributed by atoms with E-state index in [-0.39, 0.29) is 42.2 Å². The van der Waals surface area contributed by atoms with Gasteiger partial charge in [0.15, 0.2) is 11.7 Å². The molecule has 0 spiro atoms. The van der Waals surface area contributed by atoms with E-state index < -0.39 is 18.2 Å². The van der Waals surface area contributed by atoms with E-state index >= 15 is 0 Å². The van der Waals surface area contributed by atoms with Gasteiger partial charge in [-0.05, 0) is 29.8 Å². The third kappa shape index (κ3) is 7.13. The molecule has 1 unspecified atom stereocenters. The number of para-hydroxylation sites is 2. The number of nitrogens with two attached hydrogens (primary N) is 1. The highest BCUT2D eigenvalue weighted by Gasteiger charge is 2.32. The van der Waals surface area contributed by atoms with Crippen LogP contribution < -0.4 is 15.8 Å². The van der Waals surface area contributed by atoms with E-state index in [4.69, 9.17) is 5.73 Å². The van der Waals surface area contributed by atoms with Gasteiger partial charge in [0.25, 0.3) is 0 Å². The number of hydrogen-bond donors (Lipinski definition) is 3. The van der Waals surface area contributed by atoms with Crippen molar-refractivity contribution in [2.24, 2.45) is 10.7 Å². The molecule has 0 aliphatic heterocycles. The van der Waals surface area contributed by atoms with Gasteiger partial charge in [-0.15, -0.1) is 37.1 Å². The fourth-order valence-electron chi connectivity index (χ4n) is 1.84. The lowest BCUT2D eigenvalue weighted by Crippen LogP contribution is -2.25. The second-order valence-electron chi connectivity index (χ2n) is 4.69. The monoisotopic (exact) mass is 468 g/mol. The van der Waals surface area contributed by atoms with Gasteiger partial charge in [0.2, 0.25) is 0 Å². The number of aliphatic hydroxyl groups is 1. The number of aliphatic imine (C=N–C) groups is 1. The van der Waals surface area contributed by atoms with Gasteiger partial charge in [0.1, 0.15) is 0 Å². The number of pyridine rings is 1. The van der Waals surface area contributed by atoms with Crippen LogP contribution in [-0.2, 0) is 0 Å². The SMILES string of the molecule is I.NC(=NCC(O)c1ccncc1)Nc1ccccc1OC(F)(F)F. The minimum Gasteiger partial charge on any atom is -0.404 e. The molecule has 136 valence electrons. The lowest BCUT2D eigenvalue weighted by molar-refractivity contribution is -0.274. The van der Waals surface area contributed by atoms with Crippen LogP contribution in [0.1, 0.15) is 11.7 Å². The quantitative estimate of drug-likeness (QED) is 0.357. The van der Waals surface area contributed by atoms with E-state index in [0.717, 1.165) is 6.07 Å². The molecule has 0 bridgehead atoms. The second-order valence-corrected chi connectivity index (χ2v) is 4.69. The zero-order valence-corrected chi connectivity index (χ0v) is 15.1. The topological polar surface area (TPSA) is 92.8 Å². The van der Waals surface area contributed by atoms with Gasteiger partial charge in [-0.2, -0.15) is 0 Å². The maximum atomic E-state index is 12.4. The smallest absolute Gasteiger partial charge is 0.404 e. The molecule has 1 aromatic heterocycles. The van der Waals surface area contributed by atoms with Crippen molar-refractivity contribution < 1.29 is 23.0 Å². The third-order valence-electron chi connectivity index (χ3n) is 2.90. The molecule has 0 saturated heterocycles. The summed E-state index contributed by atoms with van der Waals surface area (Å²) >= 11 is 0. The molecule has 0 radical (unpaired) electrons. The number of guanidine groups is 1. The summed E-state index contributed by atoms with van der Waals surface area (Å²) in [5.74, 6) is -0.584. The number of aromatic nitrogens is 1. The van der Waals surface area contributed by atoms with Crippen molar-refractivity contribution in [3.8, 4) is 5.75 Å². The van der Waals surface area contributed by atoms with Crippen molar-refractivity contribution in [1.82, 2.24) is 4.98 Å². The maximum absolute atomic E-state index is 12.4. The molecule has 0 fully saturated rings. The van der Waals surface area contributed by atoms with E-state index in [1.54, 1.807) is 12.1 Å². The van der Waals surface area contributed by atoms with Crippen LogP contribution in [0.25, 0.3) is 0 Å². The van der Waals surface area contributed by atoms with Crippen LogP contribution in [0, 0.1) is 0 Å². The molecular formula is C15H16F3IN4O2. The number of halogens is 4. The predicted octanol–water partition coefficient (Wildman–Crippen LogP) is 3.06. The molecule has 0 amide bonds. The number of nitrogens with zero attached hydrogens (tertiary/aromatic N) is 2. The number of rotatable bonds is 5. The van der Waals surface area contributed by atoms with E-state index in [2.05, 4.69) is 20.0 Å². The standard InChI is InChI=1S/C15H15F3N4O2.HI/c16-15(17,18)24-13-4-2-1-3-11(13)22-14(19)21-9-12(23)10-5-7-20-8-6-10;/h1-8,12,23H,9H2,(H3,19,21,22);1H. The highest BCUT2D eigenvalue weighted by Crippen LogP contribution is 2.29. The fraction of sp³-hybridized carbons (Fsp3) is 0.200. The average Bonchev–Trinajstić information content (AvgIpc) is 2.54.